The first-order chi connectivity index (χ1) is 14.8. The third-order valence-electron chi connectivity index (χ3n) is 4.22. The molecule has 3 aromatic rings. The van der Waals surface area contributed by atoms with Crippen molar-refractivity contribution in [3.8, 4) is 6.01 Å². The molecule has 0 bridgehead atoms. The van der Waals surface area contributed by atoms with Crippen molar-refractivity contribution in [3.63, 3.8) is 0 Å². The number of carbonyl (C=O) groups is 1. The van der Waals surface area contributed by atoms with Crippen LogP contribution in [-0.2, 0) is 16.1 Å². The summed E-state index contributed by atoms with van der Waals surface area (Å²) in [5.74, 6) is 0.0728. The first-order valence-corrected chi connectivity index (χ1v) is 11.3. The number of fused-ring (bicyclic) bond motifs is 1. The Morgan fingerprint density at radius 1 is 1.16 bits per heavy atom. The number of aromatic nitrogens is 4. The quantitative estimate of drug-likeness (QED) is 0.300. The molecule has 0 fully saturated rings. The SMILES string of the molecule is CCCCOc1nc(N)c2nc(SCC(=O)OC(C)(C)C)n(Cc3ccccc3)c2n1. The van der Waals surface area contributed by atoms with Crippen LogP contribution in [0.5, 0.6) is 6.01 Å². The summed E-state index contributed by atoms with van der Waals surface area (Å²) >= 11 is 1.29. The number of imidazole rings is 1. The normalized spacial score (nSPS) is 11.6. The zero-order valence-electron chi connectivity index (χ0n) is 18.4. The number of thioether (sulfide) groups is 1. The van der Waals surface area contributed by atoms with Gasteiger partial charge in [0.2, 0.25) is 0 Å². The fourth-order valence-corrected chi connectivity index (χ4v) is 3.64. The average molecular weight is 444 g/mol. The Hall–Kier alpha value is -2.81. The molecular formula is C22H29N5O3S. The van der Waals surface area contributed by atoms with E-state index in [2.05, 4.69) is 21.9 Å². The lowest BCUT2D eigenvalue weighted by Crippen LogP contribution is -2.25. The van der Waals surface area contributed by atoms with Gasteiger partial charge in [0.1, 0.15) is 5.60 Å². The molecule has 0 unspecified atom stereocenters. The zero-order chi connectivity index (χ0) is 22.4. The van der Waals surface area contributed by atoms with Crippen LogP contribution in [0.3, 0.4) is 0 Å². The van der Waals surface area contributed by atoms with Crippen LogP contribution in [0.15, 0.2) is 35.5 Å². The van der Waals surface area contributed by atoms with E-state index in [1.54, 1.807) is 0 Å². The minimum atomic E-state index is -0.539. The number of benzene rings is 1. The smallest absolute Gasteiger partial charge is 0.320 e. The van der Waals surface area contributed by atoms with Crippen molar-refractivity contribution in [3.05, 3.63) is 35.9 Å². The van der Waals surface area contributed by atoms with E-state index >= 15 is 0 Å². The van der Waals surface area contributed by atoms with E-state index in [1.165, 1.54) is 11.8 Å². The van der Waals surface area contributed by atoms with Gasteiger partial charge in [-0.15, -0.1) is 0 Å². The molecule has 8 nitrogen and oxygen atoms in total. The summed E-state index contributed by atoms with van der Waals surface area (Å²) in [6.45, 7) is 8.67. The van der Waals surface area contributed by atoms with Gasteiger partial charge in [-0.1, -0.05) is 55.4 Å². The van der Waals surface area contributed by atoms with Crippen molar-refractivity contribution in [1.29, 1.82) is 0 Å². The lowest BCUT2D eigenvalue weighted by Gasteiger charge is -2.19. The number of rotatable bonds is 9. The van der Waals surface area contributed by atoms with Gasteiger partial charge in [0, 0.05) is 0 Å². The molecule has 3 rings (SSSR count). The number of anilines is 1. The van der Waals surface area contributed by atoms with Gasteiger partial charge in [-0.05, 0) is 32.8 Å². The van der Waals surface area contributed by atoms with Gasteiger partial charge in [0.15, 0.2) is 22.1 Å². The molecule has 0 saturated heterocycles. The number of nitrogens with two attached hydrogens (primary N) is 1. The topological polar surface area (TPSA) is 105 Å². The summed E-state index contributed by atoms with van der Waals surface area (Å²) in [4.78, 5) is 25.7. The van der Waals surface area contributed by atoms with Crippen LogP contribution in [-0.4, -0.2) is 43.4 Å². The van der Waals surface area contributed by atoms with Crippen LogP contribution in [0.2, 0.25) is 0 Å². The third kappa shape index (κ3) is 6.33. The van der Waals surface area contributed by atoms with Crippen LogP contribution in [0.4, 0.5) is 5.82 Å². The van der Waals surface area contributed by atoms with E-state index < -0.39 is 5.60 Å². The first kappa shape index (κ1) is 22.9. The fourth-order valence-electron chi connectivity index (χ4n) is 2.87. The number of carbonyl (C=O) groups excluding carboxylic acids is 1. The monoisotopic (exact) mass is 443 g/mol. The molecule has 0 spiro atoms. The number of nitrogen functional groups attached to an aromatic ring is 1. The van der Waals surface area contributed by atoms with Crippen molar-refractivity contribution in [2.45, 2.75) is 57.8 Å². The molecule has 0 aliphatic carbocycles. The van der Waals surface area contributed by atoms with Crippen LogP contribution in [0.1, 0.15) is 46.1 Å². The molecule has 1 aromatic carbocycles. The number of nitrogens with zero attached hydrogens (tertiary/aromatic N) is 4. The Morgan fingerprint density at radius 2 is 1.90 bits per heavy atom. The Kier molecular flexibility index (Phi) is 7.37. The second kappa shape index (κ2) is 10.00. The second-order valence-corrected chi connectivity index (χ2v) is 9.05. The maximum absolute atomic E-state index is 12.2. The van der Waals surface area contributed by atoms with E-state index in [0.29, 0.717) is 29.5 Å². The molecule has 2 aromatic heterocycles. The number of ether oxygens (including phenoxy) is 2. The average Bonchev–Trinajstić information content (AvgIpc) is 3.04. The standard InChI is InChI=1S/C22H29N5O3S/c1-5-6-12-29-20-25-18(23)17-19(26-20)27(13-15-10-8-7-9-11-15)21(24-17)31-14-16(28)30-22(2,3)4/h7-11H,5-6,12-14H2,1-4H3,(H2,23,25,26). The van der Waals surface area contributed by atoms with Gasteiger partial charge < -0.3 is 15.2 Å². The minimum absolute atomic E-state index is 0.128. The summed E-state index contributed by atoms with van der Waals surface area (Å²) in [5.41, 5.74) is 7.77. The molecule has 0 amide bonds. The highest BCUT2D eigenvalue weighted by Gasteiger charge is 2.21. The highest BCUT2D eigenvalue weighted by molar-refractivity contribution is 7.99. The molecule has 31 heavy (non-hydrogen) atoms. The summed E-state index contributed by atoms with van der Waals surface area (Å²) in [6, 6.07) is 10.2. The molecule has 166 valence electrons. The fraction of sp³-hybridized carbons (Fsp3) is 0.455. The number of esters is 1. The van der Waals surface area contributed by atoms with Gasteiger partial charge in [-0.25, -0.2) is 4.98 Å². The summed E-state index contributed by atoms with van der Waals surface area (Å²) in [5, 5.41) is 0.622. The summed E-state index contributed by atoms with van der Waals surface area (Å²) < 4.78 is 13.0. The Balaban J connectivity index is 1.94. The predicted octanol–water partition coefficient (Wildman–Crippen LogP) is 4.07. The van der Waals surface area contributed by atoms with Crippen molar-refractivity contribution in [1.82, 2.24) is 19.5 Å². The van der Waals surface area contributed by atoms with E-state index in [4.69, 9.17) is 15.2 Å². The van der Waals surface area contributed by atoms with Gasteiger partial charge in [-0.3, -0.25) is 9.36 Å². The first-order valence-electron chi connectivity index (χ1n) is 10.3. The Bertz CT molecular complexity index is 1030. The summed E-state index contributed by atoms with van der Waals surface area (Å²) in [7, 11) is 0. The van der Waals surface area contributed by atoms with Gasteiger partial charge in [0.25, 0.3) is 0 Å². The van der Waals surface area contributed by atoms with Gasteiger partial charge in [-0.2, -0.15) is 9.97 Å². The molecular weight excluding hydrogens is 414 g/mol. The Morgan fingerprint density at radius 3 is 2.58 bits per heavy atom. The highest BCUT2D eigenvalue weighted by Crippen LogP contribution is 2.28. The van der Waals surface area contributed by atoms with Crippen molar-refractivity contribution in [2.24, 2.45) is 0 Å². The molecule has 2 heterocycles. The molecule has 0 atom stereocenters. The molecule has 0 aliphatic heterocycles. The largest absolute Gasteiger partial charge is 0.463 e. The van der Waals surface area contributed by atoms with Crippen molar-refractivity contribution < 1.29 is 14.3 Å². The van der Waals surface area contributed by atoms with Crippen LogP contribution in [0, 0.1) is 0 Å². The third-order valence-corrected chi connectivity index (χ3v) is 5.17. The van der Waals surface area contributed by atoms with Crippen LogP contribution in [0.25, 0.3) is 11.2 Å². The molecule has 2 N–H and O–H groups in total. The minimum Gasteiger partial charge on any atom is -0.463 e. The second-order valence-electron chi connectivity index (χ2n) is 8.11. The lowest BCUT2D eigenvalue weighted by atomic mass is 10.2. The van der Waals surface area contributed by atoms with Gasteiger partial charge in [0.05, 0.1) is 18.9 Å². The maximum atomic E-state index is 12.2. The number of hydrogen-bond donors (Lipinski definition) is 1. The lowest BCUT2D eigenvalue weighted by molar-refractivity contribution is -0.151. The number of unbranched alkanes of at least 4 members (excludes halogenated alkanes) is 1. The molecule has 0 radical (unpaired) electrons. The molecule has 9 heteroatoms. The highest BCUT2D eigenvalue weighted by atomic mass is 32.2. The van der Waals surface area contributed by atoms with E-state index in [-0.39, 0.29) is 23.6 Å². The van der Waals surface area contributed by atoms with Crippen LogP contribution >= 0.6 is 11.8 Å². The van der Waals surface area contributed by atoms with E-state index in [9.17, 15) is 4.79 Å². The summed E-state index contributed by atoms with van der Waals surface area (Å²) in [6.07, 6.45) is 1.91. The Labute approximate surface area is 186 Å². The maximum Gasteiger partial charge on any atom is 0.320 e. The van der Waals surface area contributed by atoms with Crippen LogP contribution < -0.4 is 10.5 Å². The molecule has 0 aliphatic rings. The number of hydrogen-bond acceptors (Lipinski definition) is 8. The van der Waals surface area contributed by atoms with E-state index in [0.717, 1.165) is 18.4 Å². The van der Waals surface area contributed by atoms with Crippen molar-refractivity contribution >= 4 is 34.7 Å². The van der Waals surface area contributed by atoms with Gasteiger partial charge >= 0.3 is 12.0 Å². The zero-order valence-corrected chi connectivity index (χ0v) is 19.2. The van der Waals surface area contributed by atoms with Crippen molar-refractivity contribution in [2.75, 3.05) is 18.1 Å². The molecule has 0 saturated carbocycles. The predicted molar refractivity (Wildman–Crippen MR) is 122 cm³/mol. The van der Waals surface area contributed by atoms with E-state index in [1.807, 2.05) is 55.7 Å².